The number of benzene rings is 1. The molecular weight excluding hydrogens is 266 g/mol. The normalized spacial score (nSPS) is 10.5. The number of hydrogen-bond donors (Lipinski definition) is 1. The van der Waals surface area contributed by atoms with Crippen molar-refractivity contribution in [2.75, 3.05) is 11.9 Å². The van der Waals surface area contributed by atoms with Crippen LogP contribution in [0.3, 0.4) is 0 Å². The van der Waals surface area contributed by atoms with Gasteiger partial charge in [0.05, 0.1) is 4.90 Å². The number of nitrogens with one attached hydrogen (secondary N) is 1. The highest BCUT2D eigenvalue weighted by atomic mass is 32.2. The average Bonchev–Trinajstić information content (AvgIpc) is 2.41. The Labute approximate surface area is 115 Å². The van der Waals surface area contributed by atoms with Crippen LogP contribution in [0, 0.1) is 11.6 Å². The van der Waals surface area contributed by atoms with Crippen LogP contribution in [0.15, 0.2) is 46.3 Å². The molecule has 0 radical (unpaired) electrons. The molecule has 1 N–H and O–H groups in total. The summed E-state index contributed by atoms with van der Waals surface area (Å²) in [5.41, 5.74) is 0. The van der Waals surface area contributed by atoms with Gasteiger partial charge in [0.15, 0.2) is 0 Å². The van der Waals surface area contributed by atoms with Gasteiger partial charge in [-0.15, -0.1) is 0 Å². The molecule has 0 saturated heterocycles. The Kier molecular flexibility index (Phi) is 4.74. The number of hydrogen-bond acceptors (Lipinski definition) is 3. The first kappa shape index (κ1) is 13.8. The maximum atomic E-state index is 13.5. The zero-order chi connectivity index (χ0) is 13.7. The van der Waals surface area contributed by atoms with Crippen molar-refractivity contribution in [2.24, 2.45) is 0 Å². The van der Waals surface area contributed by atoms with E-state index in [-0.39, 0.29) is 4.90 Å². The van der Waals surface area contributed by atoms with E-state index in [1.54, 1.807) is 12.3 Å². The van der Waals surface area contributed by atoms with E-state index in [1.165, 1.54) is 17.8 Å². The molecule has 1 aromatic heterocycles. The minimum absolute atomic E-state index is 0.271. The van der Waals surface area contributed by atoms with Crippen molar-refractivity contribution in [2.45, 2.75) is 23.1 Å². The Morgan fingerprint density at radius 1 is 1.21 bits per heavy atom. The van der Waals surface area contributed by atoms with Gasteiger partial charge in [-0.2, -0.15) is 0 Å². The third kappa shape index (κ3) is 3.92. The molecule has 0 aliphatic carbocycles. The first-order valence-corrected chi connectivity index (χ1v) is 6.83. The van der Waals surface area contributed by atoms with Crippen LogP contribution >= 0.6 is 11.8 Å². The molecular formula is C14H14F2N2S. The molecule has 2 nitrogen and oxygen atoms in total. The summed E-state index contributed by atoms with van der Waals surface area (Å²) >= 11 is 1.18. The van der Waals surface area contributed by atoms with Crippen LogP contribution in [0.1, 0.15) is 13.3 Å². The molecule has 0 fully saturated rings. The molecule has 1 heterocycles. The second-order valence-electron chi connectivity index (χ2n) is 3.98. The summed E-state index contributed by atoms with van der Waals surface area (Å²) in [5.74, 6) is -0.128. The minimum atomic E-state index is -0.442. The zero-order valence-corrected chi connectivity index (χ0v) is 11.3. The Morgan fingerprint density at radius 3 is 2.84 bits per heavy atom. The molecule has 1 aromatic carbocycles. The monoisotopic (exact) mass is 280 g/mol. The van der Waals surface area contributed by atoms with E-state index in [4.69, 9.17) is 0 Å². The van der Waals surface area contributed by atoms with E-state index in [0.29, 0.717) is 0 Å². The first-order valence-electron chi connectivity index (χ1n) is 6.02. The fourth-order valence-electron chi connectivity index (χ4n) is 1.51. The number of rotatable bonds is 5. The third-order valence-corrected chi connectivity index (χ3v) is 3.43. The fourth-order valence-corrected chi connectivity index (χ4v) is 2.40. The molecule has 0 amide bonds. The number of halogens is 2. The van der Waals surface area contributed by atoms with Gasteiger partial charge < -0.3 is 5.32 Å². The lowest BCUT2D eigenvalue weighted by Crippen LogP contribution is -2.01. The number of anilines is 1. The molecule has 100 valence electrons. The summed E-state index contributed by atoms with van der Waals surface area (Å²) in [7, 11) is 0. The van der Waals surface area contributed by atoms with Gasteiger partial charge in [-0.1, -0.05) is 18.7 Å². The van der Waals surface area contributed by atoms with Gasteiger partial charge in [0.1, 0.15) is 17.5 Å². The summed E-state index contributed by atoms with van der Waals surface area (Å²) in [5, 5.41) is 3.15. The number of pyridine rings is 1. The van der Waals surface area contributed by atoms with Gasteiger partial charge in [-0.05, 0) is 36.8 Å². The molecule has 0 aliphatic rings. The summed E-state index contributed by atoms with van der Waals surface area (Å²) < 4.78 is 26.6. The van der Waals surface area contributed by atoms with Crippen LogP contribution in [0.25, 0.3) is 0 Å². The van der Waals surface area contributed by atoms with E-state index in [9.17, 15) is 8.78 Å². The number of aromatic nitrogens is 1. The molecule has 0 bridgehead atoms. The van der Waals surface area contributed by atoms with Crippen LogP contribution < -0.4 is 5.32 Å². The Balaban J connectivity index is 2.16. The van der Waals surface area contributed by atoms with Gasteiger partial charge in [0.2, 0.25) is 0 Å². The van der Waals surface area contributed by atoms with Crippen molar-refractivity contribution in [3.05, 3.63) is 48.2 Å². The topological polar surface area (TPSA) is 24.9 Å². The van der Waals surface area contributed by atoms with E-state index >= 15 is 0 Å². The van der Waals surface area contributed by atoms with Crippen LogP contribution in [0.2, 0.25) is 0 Å². The zero-order valence-electron chi connectivity index (χ0n) is 10.5. The molecule has 0 aliphatic heterocycles. The Morgan fingerprint density at radius 2 is 2.05 bits per heavy atom. The van der Waals surface area contributed by atoms with Crippen molar-refractivity contribution in [1.29, 1.82) is 0 Å². The molecule has 5 heteroatoms. The van der Waals surface area contributed by atoms with E-state index < -0.39 is 11.6 Å². The van der Waals surface area contributed by atoms with Crippen molar-refractivity contribution in [3.63, 3.8) is 0 Å². The summed E-state index contributed by atoms with van der Waals surface area (Å²) in [6, 6.07) is 7.03. The largest absolute Gasteiger partial charge is 0.370 e. The fraction of sp³-hybridized carbons (Fsp3) is 0.214. The highest BCUT2D eigenvalue weighted by Crippen LogP contribution is 2.31. The predicted octanol–water partition coefficient (Wildman–Crippen LogP) is 4.33. The van der Waals surface area contributed by atoms with Crippen LogP contribution in [0.5, 0.6) is 0 Å². The molecule has 2 rings (SSSR count). The molecule has 0 spiro atoms. The Hall–Kier alpha value is -1.62. The maximum Gasteiger partial charge on any atom is 0.137 e. The highest BCUT2D eigenvalue weighted by Gasteiger charge is 2.06. The van der Waals surface area contributed by atoms with E-state index in [1.807, 2.05) is 6.07 Å². The first-order chi connectivity index (χ1) is 9.19. The molecule has 19 heavy (non-hydrogen) atoms. The quantitative estimate of drug-likeness (QED) is 0.882. The average molecular weight is 280 g/mol. The van der Waals surface area contributed by atoms with Crippen LogP contribution in [-0.4, -0.2) is 11.5 Å². The van der Waals surface area contributed by atoms with Crippen LogP contribution in [0.4, 0.5) is 14.6 Å². The van der Waals surface area contributed by atoms with Crippen molar-refractivity contribution < 1.29 is 8.78 Å². The summed E-state index contributed by atoms with van der Waals surface area (Å²) in [6.45, 7) is 2.89. The predicted molar refractivity (Wildman–Crippen MR) is 73.5 cm³/mol. The lowest BCUT2D eigenvalue weighted by Gasteiger charge is -2.07. The molecule has 2 aromatic rings. The lowest BCUT2D eigenvalue weighted by molar-refractivity contribution is 0.577. The van der Waals surface area contributed by atoms with Gasteiger partial charge >= 0.3 is 0 Å². The summed E-state index contributed by atoms with van der Waals surface area (Å²) in [4.78, 5) is 5.25. The second-order valence-corrected chi connectivity index (χ2v) is 5.10. The highest BCUT2D eigenvalue weighted by molar-refractivity contribution is 7.99. The molecule has 0 atom stereocenters. The smallest absolute Gasteiger partial charge is 0.137 e. The minimum Gasteiger partial charge on any atom is -0.370 e. The Bertz CT molecular complexity index is 561. The van der Waals surface area contributed by atoms with Gasteiger partial charge in [-0.25, -0.2) is 13.8 Å². The second kappa shape index (κ2) is 6.52. The lowest BCUT2D eigenvalue weighted by atomic mass is 10.3. The molecule has 0 saturated carbocycles. The van der Waals surface area contributed by atoms with Gasteiger partial charge in [-0.3, -0.25) is 0 Å². The van der Waals surface area contributed by atoms with Crippen molar-refractivity contribution in [1.82, 2.24) is 4.98 Å². The molecule has 0 unspecified atom stereocenters. The van der Waals surface area contributed by atoms with Gasteiger partial charge in [0.25, 0.3) is 0 Å². The van der Waals surface area contributed by atoms with E-state index in [2.05, 4.69) is 17.2 Å². The summed E-state index contributed by atoms with van der Waals surface area (Å²) in [6.07, 6.45) is 2.65. The standard InChI is InChI=1S/C14H14F2N2S/c1-2-6-17-14-9-11(5-7-18-14)19-13-8-10(15)3-4-12(13)16/h3-5,7-9H,2,6H2,1H3,(H,17,18). The maximum absolute atomic E-state index is 13.5. The number of nitrogens with zero attached hydrogens (tertiary/aromatic N) is 1. The van der Waals surface area contributed by atoms with Crippen LogP contribution in [-0.2, 0) is 0 Å². The van der Waals surface area contributed by atoms with E-state index in [0.717, 1.165) is 35.8 Å². The SMILES string of the molecule is CCCNc1cc(Sc2cc(F)ccc2F)ccn1. The van der Waals surface area contributed by atoms with Crippen molar-refractivity contribution >= 4 is 17.6 Å². The third-order valence-electron chi connectivity index (χ3n) is 2.41. The van der Waals surface area contributed by atoms with Crippen molar-refractivity contribution in [3.8, 4) is 0 Å². The van der Waals surface area contributed by atoms with Gasteiger partial charge in [0, 0.05) is 17.6 Å².